The van der Waals surface area contributed by atoms with Gasteiger partial charge in [-0.3, -0.25) is 9.78 Å². The van der Waals surface area contributed by atoms with Gasteiger partial charge in [0.15, 0.2) is 23.3 Å². The molecule has 2 heterocycles. The first-order chi connectivity index (χ1) is 15.0. The van der Waals surface area contributed by atoms with Gasteiger partial charge in [-0.1, -0.05) is 11.8 Å². The molecule has 0 unspecified atom stereocenters. The van der Waals surface area contributed by atoms with Gasteiger partial charge in [0.25, 0.3) is 5.91 Å². The molecule has 1 amide bonds. The minimum atomic E-state index is -0.341. The Kier molecular flexibility index (Phi) is 7.60. The van der Waals surface area contributed by atoms with Crippen molar-refractivity contribution in [2.45, 2.75) is 10.9 Å². The fourth-order valence-electron chi connectivity index (χ4n) is 2.67. The van der Waals surface area contributed by atoms with Crippen LogP contribution in [0.25, 0.3) is 0 Å². The topological polar surface area (TPSA) is 96.7 Å². The molecule has 0 fully saturated rings. The minimum absolute atomic E-state index is 0.207. The number of imidazole rings is 1. The van der Waals surface area contributed by atoms with E-state index in [1.165, 1.54) is 14.2 Å². The number of aromatic nitrogens is 3. The molecule has 3 aromatic rings. The number of carbonyl (C=O) groups excluding carboxylic acids is 1. The summed E-state index contributed by atoms with van der Waals surface area (Å²) in [6.07, 6.45) is 5.21. The third kappa shape index (κ3) is 5.82. The van der Waals surface area contributed by atoms with E-state index in [4.69, 9.17) is 18.9 Å². The van der Waals surface area contributed by atoms with Gasteiger partial charge in [-0.2, -0.15) is 0 Å². The SMILES string of the molecule is COc1ccc(NC(=O)COc2cc(CSc3nccn3C)ncc2OC)c(OC)c1. The Morgan fingerprint density at radius 3 is 2.55 bits per heavy atom. The lowest BCUT2D eigenvalue weighted by atomic mass is 10.2. The predicted octanol–water partition coefficient (Wildman–Crippen LogP) is 3.15. The number of amides is 1. The summed E-state index contributed by atoms with van der Waals surface area (Å²) in [6, 6.07) is 6.88. The Labute approximate surface area is 184 Å². The molecule has 0 saturated heterocycles. The molecule has 0 atom stereocenters. The first-order valence-corrected chi connectivity index (χ1v) is 10.3. The molecule has 0 spiro atoms. The number of pyridine rings is 1. The average molecular weight is 445 g/mol. The van der Waals surface area contributed by atoms with Crippen LogP contribution in [0.2, 0.25) is 0 Å². The highest BCUT2D eigenvalue weighted by molar-refractivity contribution is 7.98. The van der Waals surface area contributed by atoms with E-state index in [2.05, 4.69) is 15.3 Å². The summed E-state index contributed by atoms with van der Waals surface area (Å²) in [7, 11) is 6.54. The van der Waals surface area contributed by atoms with Crippen molar-refractivity contribution in [3.05, 3.63) is 48.5 Å². The van der Waals surface area contributed by atoms with Gasteiger partial charge in [-0.05, 0) is 12.1 Å². The second-order valence-electron chi connectivity index (χ2n) is 6.34. The number of nitrogens with zero attached hydrogens (tertiary/aromatic N) is 3. The summed E-state index contributed by atoms with van der Waals surface area (Å²) < 4.78 is 23.4. The maximum Gasteiger partial charge on any atom is 0.262 e. The molecule has 1 aromatic carbocycles. The summed E-state index contributed by atoms with van der Waals surface area (Å²) in [4.78, 5) is 21.1. The van der Waals surface area contributed by atoms with E-state index in [0.29, 0.717) is 34.4 Å². The van der Waals surface area contributed by atoms with E-state index in [0.717, 1.165) is 10.9 Å². The summed E-state index contributed by atoms with van der Waals surface area (Å²) >= 11 is 1.55. The predicted molar refractivity (Wildman–Crippen MR) is 117 cm³/mol. The number of aryl methyl sites for hydroxylation is 1. The number of benzene rings is 1. The summed E-state index contributed by atoms with van der Waals surface area (Å²) in [6.45, 7) is -0.207. The van der Waals surface area contributed by atoms with Crippen molar-refractivity contribution < 1.29 is 23.7 Å². The monoisotopic (exact) mass is 444 g/mol. The molecule has 0 bridgehead atoms. The largest absolute Gasteiger partial charge is 0.497 e. The Hall–Kier alpha value is -3.40. The van der Waals surface area contributed by atoms with Crippen molar-refractivity contribution >= 4 is 23.4 Å². The van der Waals surface area contributed by atoms with Crippen molar-refractivity contribution in [2.24, 2.45) is 7.05 Å². The molecule has 3 rings (SSSR count). The van der Waals surface area contributed by atoms with Crippen LogP contribution in [0.15, 0.2) is 48.0 Å². The lowest BCUT2D eigenvalue weighted by Gasteiger charge is -2.13. The zero-order valence-corrected chi connectivity index (χ0v) is 18.6. The van der Waals surface area contributed by atoms with Crippen LogP contribution < -0.4 is 24.3 Å². The molecule has 0 aliphatic heterocycles. The third-order valence-corrected chi connectivity index (χ3v) is 5.37. The Morgan fingerprint density at radius 2 is 1.87 bits per heavy atom. The van der Waals surface area contributed by atoms with E-state index in [1.54, 1.807) is 55.5 Å². The highest BCUT2D eigenvalue weighted by Gasteiger charge is 2.13. The summed E-state index contributed by atoms with van der Waals surface area (Å²) in [5.41, 5.74) is 1.30. The van der Waals surface area contributed by atoms with E-state index in [1.807, 2.05) is 17.8 Å². The van der Waals surface area contributed by atoms with Crippen LogP contribution in [0.5, 0.6) is 23.0 Å². The number of nitrogens with one attached hydrogen (secondary N) is 1. The van der Waals surface area contributed by atoms with Crippen LogP contribution in [-0.2, 0) is 17.6 Å². The Morgan fingerprint density at radius 1 is 1.06 bits per heavy atom. The minimum Gasteiger partial charge on any atom is -0.497 e. The normalized spacial score (nSPS) is 10.5. The van der Waals surface area contributed by atoms with Crippen molar-refractivity contribution in [2.75, 3.05) is 33.3 Å². The lowest BCUT2D eigenvalue weighted by Crippen LogP contribution is -2.20. The fraction of sp³-hybridized carbons (Fsp3) is 0.286. The van der Waals surface area contributed by atoms with Gasteiger partial charge < -0.3 is 28.8 Å². The van der Waals surface area contributed by atoms with Gasteiger partial charge in [-0.25, -0.2) is 4.98 Å². The molecule has 0 saturated carbocycles. The maximum atomic E-state index is 12.4. The van der Waals surface area contributed by atoms with E-state index >= 15 is 0 Å². The van der Waals surface area contributed by atoms with Crippen molar-refractivity contribution in [3.8, 4) is 23.0 Å². The number of rotatable bonds is 10. The second-order valence-corrected chi connectivity index (χ2v) is 7.28. The number of methoxy groups -OCH3 is 3. The van der Waals surface area contributed by atoms with Gasteiger partial charge in [0.2, 0.25) is 0 Å². The number of carbonyl (C=O) groups is 1. The van der Waals surface area contributed by atoms with Gasteiger partial charge in [0.05, 0.1) is 38.9 Å². The number of thioether (sulfide) groups is 1. The van der Waals surface area contributed by atoms with Crippen molar-refractivity contribution in [3.63, 3.8) is 0 Å². The smallest absolute Gasteiger partial charge is 0.262 e. The highest BCUT2D eigenvalue weighted by Crippen LogP contribution is 2.30. The number of anilines is 1. The number of ether oxygens (including phenoxy) is 4. The van der Waals surface area contributed by atoms with E-state index < -0.39 is 0 Å². The number of hydrogen-bond donors (Lipinski definition) is 1. The molecule has 9 nitrogen and oxygen atoms in total. The van der Waals surface area contributed by atoms with E-state index in [-0.39, 0.29) is 12.5 Å². The maximum absolute atomic E-state index is 12.4. The van der Waals surface area contributed by atoms with Crippen molar-refractivity contribution in [1.29, 1.82) is 0 Å². The van der Waals surface area contributed by atoms with Gasteiger partial charge in [-0.15, -0.1) is 0 Å². The molecule has 31 heavy (non-hydrogen) atoms. The zero-order chi connectivity index (χ0) is 22.2. The van der Waals surface area contributed by atoms with Crippen LogP contribution in [0.3, 0.4) is 0 Å². The van der Waals surface area contributed by atoms with Gasteiger partial charge in [0.1, 0.15) is 11.5 Å². The first kappa shape index (κ1) is 22.3. The summed E-state index contributed by atoms with van der Waals surface area (Å²) in [5, 5.41) is 3.65. The van der Waals surface area contributed by atoms with Gasteiger partial charge >= 0.3 is 0 Å². The second kappa shape index (κ2) is 10.6. The fourth-order valence-corrected chi connectivity index (χ4v) is 3.51. The first-order valence-electron chi connectivity index (χ1n) is 9.31. The lowest BCUT2D eigenvalue weighted by molar-refractivity contribution is -0.118. The van der Waals surface area contributed by atoms with Gasteiger partial charge in [0, 0.05) is 37.3 Å². The molecular weight excluding hydrogens is 420 g/mol. The molecule has 10 heteroatoms. The molecular formula is C21H24N4O5S. The molecule has 164 valence electrons. The Bertz CT molecular complexity index is 1040. The highest BCUT2D eigenvalue weighted by atomic mass is 32.2. The van der Waals surface area contributed by atoms with Crippen LogP contribution >= 0.6 is 11.8 Å². The molecule has 0 radical (unpaired) electrons. The molecule has 1 N–H and O–H groups in total. The number of hydrogen-bond acceptors (Lipinski definition) is 8. The van der Waals surface area contributed by atoms with Crippen LogP contribution in [0.4, 0.5) is 5.69 Å². The Balaban J connectivity index is 1.63. The third-order valence-electron chi connectivity index (χ3n) is 4.28. The standard InChI is InChI=1S/C21H24N4O5S/c1-25-8-7-22-21(25)31-13-14-9-18(19(29-4)11-23-14)30-12-20(26)24-16-6-5-15(27-2)10-17(16)28-3/h5-11H,12-13H2,1-4H3,(H,24,26). The van der Waals surface area contributed by atoms with Crippen LogP contribution in [-0.4, -0.2) is 48.4 Å². The van der Waals surface area contributed by atoms with Crippen LogP contribution in [0, 0.1) is 0 Å². The molecule has 0 aliphatic carbocycles. The summed E-state index contributed by atoms with van der Waals surface area (Å²) in [5.74, 6) is 2.25. The molecule has 2 aromatic heterocycles. The average Bonchev–Trinajstić information content (AvgIpc) is 3.21. The van der Waals surface area contributed by atoms with Crippen molar-refractivity contribution in [1.82, 2.24) is 14.5 Å². The zero-order valence-electron chi connectivity index (χ0n) is 17.7. The van der Waals surface area contributed by atoms with E-state index in [9.17, 15) is 4.79 Å². The molecule has 0 aliphatic rings. The quantitative estimate of drug-likeness (QED) is 0.477. The van der Waals surface area contributed by atoms with Crippen LogP contribution in [0.1, 0.15) is 5.69 Å².